The first-order valence-corrected chi connectivity index (χ1v) is 7.27. The molecule has 4 nitrogen and oxygen atoms in total. The summed E-state index contributed by atoms with van der Waals surface area (Å²) in [6, 6.07) is 7.09. The molecular formula is C12H20N2O2S. The van der Waals surface area contributed by atoms with E-state index in [1.165, 1.54) is 0 Å². The molecule has 0 saturated carbocycles. The molecule has 0 aliphatic rings. The summed E-state index contributed by atoms with van der Waals surface area (Å²) < 4.78 is 23.0. The van der Waals surface area contributed by atoms with Gasteiger partial charge in [0.05, 0.1) is 4.90 Å². The number of likely N-dealkylation sites (N-methyl/N-ethyl adjacent to an activating group) is 1. The lowest BCUT2D eigenvalue weighted by molar-refractivity contribution is 0.489. The van der Waals surface area contributed by atoms with E-state index in [1.807, 2.05) is 32.9 Å². The SMILES string of the molecule is CCNC(C)C(C)c1ccccc1S(N)(=O)=O. The van der Waals surface area contributed by atoms with Gasteiger partial charge in [0, 0.05) is 6.04 Å². The molecule has 5 heteroatoms. The van der Waals surface area contributed by atoms with Crippen molar-refractivity contribution in [3.8, 4) is 0 Å². The molecule has 0 spiro atoms. The van der Waals surface area contributed by atoms with Gasteiger partial charge < -0.3 is 5.32 Å². The van der Waals surface area contributed by atoms with Gasteiger partial charge in [-0.1, -0.05) is 32.0 Å². The van der Waals surface area contributed by atoms with Crippen molar-refractivity contribution in [2.45, 2.75) is 37.6 Å². The Kier molecular flexibility index (Phi) is 4.68. The molecule has 0 saturated heterocycles. The van der Waals surface area contributed by atoms with Crippen LogP contribution in [0.15, 0.2) is 29.2 Å². The lowest BCUT2D eigenvalue weighted by atomic mass is 9.94. The van der Waals surface area contributed by atoms with Crippen molar-refractivity contribution >= 4 is 10.0 Å². The fraction of sp³-hybridized carbons (Fsp3) is 0.500. The Labute approximate surface area is 103 Å². The maximum atomic E-state index is 11.5. The van der Waals surface area contributed by atoms with Crippen molar-refractivity contribution in [1.82, 2.24) is 5.32 Å². The third kappa shape index (κ3) is 3.52. The highest BCUT2D eigenvalue weighted by molar-refractivity contribution is 7.89. The highest BCUT2D eigenvalue weighted by Crippen LogP contribution is 2.25. The molecule has 0 heterocycles. The number of primary sulfonamides is 1. The first-order chi connectivity index (χ1) is 7.88. The molecule has 0 aliphatic heterocycles. The van der Waals surface area contributed by atoms with Crippen LogP contribution in [0.25, 0.3) is 0 Å². The summed E-state index contributed by atoms with van der Waals surface area (Å²) in [6.45, 7) is 6.91. The smallest absolute Gasteiger partial charge is 0.238 e. The van der Waals surface area contributed by atoms with Crippen molar-refractivity contribution in [1.29, 1.82) is 0 Å². The topological polar surface area (TPSA) is 72.2 Å². The van der Waals surface area contributed by atoms with E-state index in [0.717, 1.165) is 12.1 Å². The normalized spacial score (nSPS) is 15.5. The summed E-state index contributed by atoms with van der Waals surface area (Å²) in [4.78, 5) is 0.220. The first kappa shape index (κ1) is 14.2. The van der Waals surface area contributed by atoms with Crippen LogP contribution in [0.4, 0.5) is 0 Å². The third-order valence-electron chi connectivity index (χ3n) is 2.99. The molecule has 3 N–H and O–H groups in total. The quantitative estimate of drug-likeness (QED) is 0.837. The van der Waals surface area contributed by atoms with Crippen LogP contribution in [-0.4, -0.2) is 21.0 Å². The average molecular weight is 256 g/mol. The molecule has 0 aliphatic carbocycles. The summed E-state index contributed by atoms with van der Waals surface area (Å²) in [5, 5.41) is 8.51. The monoisotopic (exact) mass is 256 g/mol. The molecule has 0 aromatic heterocycles. The minimum atomic E-state index is -3.65. The highest BCUT2D eigenvalue weighted by Gasteiger charge is 2.21. The summed E-state index contributed by atoms with van der Waals surface area (Å²) in [6.07, 6.45) is 0. The summed E-state index contributed by atoms with van der Waals surface area (Å²) in [5.41, 5.74) is 0.767. The summed E-state index contributed by atoms with van der Waals surface area (Å²) in [7, 11) is -3.65. The first-order valence-electron chi connectivity index (χ1n) is 5.73. The predicted octanol–water partition coefficient (Wildman–Crippen LogP) is 1.44. The molecule has 1 aromatic carbocycles. The molecule has 0 radical (unpaired) electrons. The van der Waals surface area contributed by atoms with Gasteiger partial charge in [-0.25, -0.2) is 13.6 Å². The zero-order chi connectivity index (χ0) is 13.1. The predicted molar refractivity (Wildman–Crippen MR) is 69.4 cm³/mol. The molecule has 0 amide bonds. The van der Waals surface area contributed by atoms with Gasteiger partial charge in [0.1, 0.15) is 0 Å². The maximum absolute atomic E-state index is 11.5. The van der Waals surface area contributed by atoms with E-state index in [4.69, 9.17) is 5.14 Å². The maximum Gasteiger partial charge on any atom is 0.238 e. The van der Waals surface area contributed by atoms with E-state index >= 15 is 0 Å². The zero-order valence-corrected chi connectivity index (χ0v) is 11.3. The number of rotatable bonds is 5. The van der Waals surface area contributed by atoms with Crippen LogP contribution in [0.2, 0.25) is 0 Å². The van der Waals surface area contributed by atoms with Gasteiger partial charge in [0.15, 0.2) is 0 Å². The van der Waals surface area contributed by atoms with Crippen LogP contribution in [0.3, 0.4) is 0 Å². The molecule has 0 bridgehead atoms. The van der Waals surface area contributed by atoms with Gasteiger partial charge in [-0.3, -0.25) is 0 Å². The average Bonchev–Trinajstić information content (AvgIpc) is 2.27. The lowest BCUT2D eigenvalue weighted by Crippen LogP contribution is -2.31. The Morgan fingerprint density at radius 2 is 1.88 bits per heavy atom. The van der Waals surface area contributed by atoms with E-state index in [2.05, 4.69) is 5.32 Å². The Morgan fingerprint density at radius 1 is 1.29 bits per heavy atom. The fourth-order valence-electron chi connectivity index (χ4n) is 1.88. The van der Waals surface area contributed by atoms with Crippen molar-refractivity contribution in [2.24, 2.45) is 5.14 Å². The van der Waals surface area contributed by atoms with Crippen molar-refractivity contribution in [3.63, 3.8) is 0 Å². The summed E-state index contributed by atoms with van der Waals surface area (Å²) >= 11 is 0. The number of benzene rings is 1. The number of nitrogens with one attached hydrogen (secondary N) is 1. The van der Waals surface area contributed by atoms with Gasteiger partial charge in [-0.2, -0.15) is 0 Å². The minimum absolute atomic E-state index is 0.0875. The van der Waals surface area contributed by atoms with Crippen LogP contribution in [0.1, 0.15) is 32.3 Å². The number of hydrogen-bond acceptors (Lipinski definition) is 3. The lowest BCUT2D eigenvalue weighted by Gasteiger charge is -2.22. The molecular weight excluding hydrogens is 236 g/mol. The van der Waals surface area contributed by atoms with Gasteiger partial charge in [0.2, 0.25) is 10.0 Å². The molecule has 17 heavy (non-hydrogen) atoms. The third-order valence-corrected chi connectivity index (χ3v) is 3.98. The van der Waals surface area contributed by atoms with E-state index in [-0.39, 0.29) is 16.9 Å². The van der Waals surface area contributed by atoms with Gasteiger partial charge in [-0.05, 0) is 31.0 Å². The zero-order valence-electron chi connectivity index (χ0n) is 10.5. The number of sulfonamides is 1. The Bertz CT molecular complexity index is 471. The molecule has 1 aromatic rings. The Balaban J connectivity index is 3.14. The fourth-order valence-corrected chi connectivity index (χ4v) is 2.73. The number of nitrogens with two attached hydrogens (primary N) is 1. The largest absolute Gasteiger partial charge is 0.314 e. The van der Waals surface area contributed by atoms with E-state index < -0.39 is 10.0 Å². The Morgan fingerprint density at radius 3 is 2.41 bits per heavy atom. The van der Waals surface area contributed by atoms with Crippen molar-refractivity contribution in [3.05, 3.63) is 29.8 Å². The van der Waals surface area contributed by atoms with Crippen LogP contribution >= 0.6 is 0 Å². The van der Waals surface area contributed by atoms with Crippen molar-refractivity contribution in [2.75, 3.05) is 6.54 Å². The molecule has 96 valence electrons. The standard InChI is InChI=1S/C12H20N2O2S/c1-4-14-10(3)9(2)11-7-5-6-8-12(11)17(13,15)16/h5-10,14H,4H2,1-3H3,(H2,13,15,16). The molecule has 0 fully saturated rings. The molecule has 1 rings (SSSR count). The number of hydrogen-bond donors (Lipinski definition) is 2. The summed E-state index contributed by atoms with van der Waals surface area (Å²) in [5.74, 6) is 0.0875. The van der Waals surface area contributed by atoms with Gasteiger partial charge >= 0.3 is 0 Å². The second-order valence-electron chi connectivity index (χ2n) is 4.22. The van der Waals surface area contributed by atoms with E-state index in [0.29, 0.717) is 0 Å². The molecule has 2 unspecified atom stereocenters. The van der Waals surface area contributed by atoms with Gasteiger partial charge in [-0.15, -0.1) is 0 Å². The second-order valence-corrected chi connectivity index (χ2v) is 5.75. The van der Waals surface area contributed by atoms with Crippen LogP contribution in [-0.2, 0) is 10.0 Å². The minimum Gasteiger partial charge on any atom is -0.314 e. The second kappa shape index (κ2) is 5.62. The van der Waals surface area contributed by atoms with E-state index in [9.17, 15) is 8.42 Å². The highest BCUT2D eigenvalue weighted by atomic mass is 32.2. The van der Waals surface area contributed by atoms with Gasteiger partial charge in [0.25, 0.3) is 0 Å². The van der Waals surface area contributed by atoms with Crippen LogP contribution in [0, 0.1) is 0 Å². The Hall–Kier alpha value is -0.910. The van der Waals surface area contributed by atoms with E-state index in [1.54, 1.807) is 12.1 Å². The van der Waals surface area contributed by atoms with Crippen LogP contribution in [0.5, 0.6) is 0 Å². The molecule has 2 atom stereocenters. The van der Waals surface area contributed by atoms with Crippen molar-refractivity contribution < 1.29 is 8.42 Å². The van der Waals surface area contributed by atoms with Crippen LogP contribution < -0.4 is 10.5 Å².